The van der Waals surface area contributed by atoms with Crippen molar-refractivity contribution in [3.63, 3.8) is 0 Å². The first kappa shape index (κ1) is 15.9. The second-order valence-electron chi connectivity index (χ2n) is 7.45. The van der Waals surface area contributed by atoms with Gasteiger partial charge in [-0.25, -0.2) is 4.98 Å². The normalized spacial score (nSPS) is 35.5. The average molecular weight is 339 g/mol. The highest BCUT2D eigenvalue weighted by Crippen LogP contribution is 2.54. The number of pyridine rings is 1. The van der Waals surface area contributed by atoms with Crippen molar-refractivity contribution < 1.29 is 18.0 Å². The summed E-state index contributed by atoms with van der Waals surface area (Å²) >= 11 is 0. The van der Waals surface area contributed by atoms with Crippen LogP contribution in [0.4, 0.5) is 13.2 Å². The van der Waals surface area contributed by atoms with Gasteiger partial charge in [-0.05, 0) is 43.2 Å². The first-order valence-electron chi connectivity index (χ1n) is 8.35. The summed E-state index contributed by atoms with van der Waals surface area (Å²) in [5, 5.41) is 0. The first-order chi connectivity index (χ1) is 11.2. The molecule has 1 aliphatic carbocycles. The Balaban J connectivity index is 1.69. The number of carbonyl (C=O) groups excluding carboxylic acids is 1. The fraction of sp³-hybridized carbons (Fsp3) is 0.647. The summed E-state index contributed by atoms with van der Waals surface area (Å²) in [4.78, 5) is 18.6. The lowest BCUT2D eigenvalue weighted by Gasteiger charge is -2.33. The Morgan fingerprint density at radius 2 is 2.12 bits per heavy atom. The van der Waals surface area contributed by atoms with Gasteiger partial charge in [-0.1, -0.05) is 13.0 Å². The summed E-state index contributed by atoms with van der Waals surface area (Å²) in [7, 11) is 0. The van der Waals surface area contributed by atoms with Crippen LogP contribution in [0, 0.1) is 11.3 Å². The van der Waals surface area contributed by atoms with E-state index < -0.39 is 17.3 Å². The molecule has 4 nitrogen and oxygen atoms in total. The zero-order chi connectivity index (χ0) is 17.3. The van der Waals surface area contributed by atoms with E-state index in [9.17, 15) is 18.0 Å². The van der Waals surface area contributed by atoms with Crippen LogP contribution in [-0.4, -0.2) is 27.9 Å². The number of halogens is 3. The molecule has 3 heterocycles. The van der Waals surface area contributed by atoms with Crippen molar-refractivity contribution in [2.45, 2.75) is 57.4 Å². The highest BCUT2D eigenvalue weighted by atomic mass is 19.4. The van der Waals surface area contributed by atoms with Gasteiger partial charge in [0, 0.05) is 12.1 Å². The highest BCUT2D eigenvalue weighted by molar-refractivity contribution is 5.86. The molecule has 4 atom stereocenters. The quantitative estimate of drug-likeness (QED) is 0.790. The third-order valence-electron chi connectivity index (χ3n) is 6.23. The van der Waals surface area contributed by atoms with Crippen molar-refractivity contribution in [3.05, 3.63) is 29.1 Å². The molecule has 1 aromatic heterocycles. The summed E-state index contributed by atoms with van der Waals surface area (Å²) in [6.45, 7) is 2.26. The average Bonchev–Trinajstić information content (AvgIpc) is 3.01. The SMILES string of the molecule is CC1C2Cc3ccc(C(F)(F)F)nc3CN2C(=O)[C@]12CC[C@@H](N)C2. The van der Waals surface area contributed by atoms with E-state index in [0.29, 0.717) is 18.5 Å². The van der Waals surface area contributed by atoms with Crippen LogP contribution in [0.5, 0.6) is 0 Å². The minimum absolute atomic E-state index is 0.0360. The number of hydrogen-bond acceptors (Lipinski definition) is 3. The Morgan fingerprint density at radius 1 is 1.38 bits per heavy atom. The zero-order valence-corrected chi connectivity index (χ0v) is 13.4. The lowest BCUT2D eigenvalue weighted by atomic mass is 9.73. The Labute approximate surface area is 138 Å². The Morgan fingerprint density at radius 3 is 2.75 bits per heavy atom. The van der Waals surface area contributed by atoms with Crippen molar-refractivity contribution >= 4 is 5.91 Å². The van der Waals surface area contributed by atoms with Crippen molar-refractivity contribution in [1.82, 2.24) is 9.88 Å². The summed E-state index contributed by atoms with van der Waals surface area (Å²) in [6.07, 6.45) is -1.60. The van der Waals surface area contributed by atoms with Crippen LogP contribution in [0.1, 0.15) is 43.1 Å². The van der Waals surface area contributed by atoms with E-state index in [4.69, 9.17) is 5.73 Å². The number of aromatic nitrogens is 1. The third-order valence-corrected chi connectivity index (χ3v) is 6.23. The van der Waals surface area contributed by atoms with Gasteiger partial charge in [0.15, 0.2) is 0 Å². The molecule has 0 radical (unpaired) electrons. The van der Waals surface area contributed by atoms with E-state index in [0.717, 1.165) is 24.5 Å². The summed E-state index contributed by atoms with van der Waals surface area (Å²) in [5.74, 6) is 0.215. The first-order valence-corrected chi connectivity index (χ1v) is 8.35. The molecule has 2 unspecified atom stereocenters. The van der Waals surface area contributed by atoms with E-state index in [-0.39, 0.29) is 30.5 Å². The molecule has 3 aliphatic rings. The van der Waals surface area contributed by atoms with Crippen LogP contribution in [0.25, 0.3) is 0 Å². The highest BCUT2D eigenvalue weighted by Gasteiger charge is 2.59. The number of rotatable bonds is 0. The monoisotopic (exact) mass is 339 g/mol. The Kier molecular flexibility index (Phi) is 3.27. The van der Waals surface area contributed by atoms with Gasteiger partial charge in [0.25, 0.3) is 0 Å². The van der Waals surface area contributed by atoms with Crippen molar-refractivity contribution in [2.24, 2.45) is 17.1 Å². The van der Waals surface area contributed by atoms with Gasteiger partial charge in [0.2, 0.25) is 5.91 Å². The van der Waals surface area contributed by atoms with E-state index in [1.54, 1.807) is 4.90 Å². The fourth-order valence-corrected chi connectivity index (χ4v) is 4.87. The number of amides is 1. The molecular formula is C17H20F3N3O. The molecule has 1 spiro atoms. The zero-order valence-electron chi connectivity index (χ0n) is 13.4. The van der Waals surface area contributed by atoms with Crippen LogP contribution < -0.4 is 5.73 Å². The van der Waals surface area contributed by atoms with Gasteiger partial charge in [0.1, 0.15) is 5.69 Å². The number of nitrogens with two attached hydrogens (primary N) is 1. The molecule has 2 fully saturated rings. The van der Waals surface area contributed by atoms with Crippen LogP contribution in [0.2, 0.25) is 0 Å². The maximum absolute atomic E-state index is 13.0. The number of fused-ring (bicyclic) bond motifs is 2. The molecule has 0 bridgehead atoms. The molecule has 2 aliphatic heterocycles. The van der Waals surface area contributed by atoms with Crippen LogP contribution in [0.15, 0.2) is 12.1 Å². The van der Waals surface area contributed by atoms with Crippen molar-refractivity contribution in [1.29, 1.82) is 0 Å². The molecule has 130 valence electrons. The third kappa shape index (κ3) is 2.10. The molecule has 24 heavy (non-hydrogen) atoms. The lowest BCUT2D eigenvalue weighted by Crippen LogP contribution is -2.40. The van der Waals surface area contributed by atoms with Gasteiger partial charge in [-0.15, -0.1) is 0 Å². The maximum Gasteiger partial charge on any atom is 0.433 e. The van der Waals surface area contributed by atoms with E-state index in [1.807, 2.05) is 0 Å². The minimum Gasteiger partial charge on any atom is -0.333 e. The van der Waals surface area contributed by atoms with Gasteiger partial charge in [-0.2, -0.15) is 13.2 Å². The number of alkyl halides is 3. The van der Waals surface area contributed by atoms with Gasteiger partial charge in [0.05, 0.1) is 17.7 Å². The number of hydrogen-bond donors (Lipinski definition) is 1. The second kappa shape index (κ2) is 4.94. The molecular weight excluding hydrogens is 319 g/mol. The fourth-order valence-electron chi connectivity index (χ4n) is 4.87. The van der Waals surface area contributed by atoms with Gasteiger partial charge >= 0.3 is 6.18 Å². The predicted octanol–water partition coefficient (Wildman–Crippen LogP) is 2.50. The summed E-state index contributed by atoms with van der Waals surface area (Å²) in [5.41, 5.74) is 5.92. The van der Waals surface area contributed by atoms with Crippen LogP contribution >= 0.6 is 0 Å². The van der Waals surface area contributed by atoms with Gasteiger partial charge < -0.3 is 10.6 Å². The largest absolute Gasteiger partial charge is 0.433 e. The standard InChI is InChI=1S/C17H20F3N3O/c1-9-13-6-10-2-3-14(17(18,19)20)22-12(10)8-23(13)15(24)16(9)5-4-11(21)7-16/h2-3,9,11,13H,4-8,21H2,1H3/t9?,11-,13?,16+/m1/s1. The predicted molar refractivity (Wildman–Crippen MR) is 80.7 cm³/mol. The smallest absolute Gasteiger partial charge is 0.333 e. The summed E-state index contributed by atoms with van der Waals surface area (Å²) in [6, 6.07) is 2.63. The second-order valence-corrected chi connectivity index (χ2v) is 7.45. The lowest BCUT2D eigenvalue weighted by molar-refractivity contribution is -0.141. The van der Waals surface area contributed by atoms with Crippen LogP contribution in [-0.2, 0) is 23.9 Å². The maximum atomic E-state index is 13.0. The van der Waals surface area contributed by atoms with Crippen LogP contribution in [0.3, 0.4) is 0 Å². The Hall–Kier alpha value is -1.63. The number of nitrogens with zero attached hydrogens (tertiary/aromatic N) is 2. The molecule has 1 saturated heterocycles. The van der Waals surface area contributed by atoms with E-state index in [2.05, 4.69) is 11.9 Å². The summed E-state index contributed by atoms with van der Waals surface area (Å²) < 4.78 is 38.7. The molecule has 0 aromatic carbocycles. The molecule has 1 saturated carbocycles. The molecule has 7 heteroatoms. The molecule has 1 aromatic rings. The van der Waals surface area contributed by atoms with E-state index in [1.165, 1.54) is 6.07 Å². The molecule has 1 amide bonds. The molecule has 4 rings (SSSR count). The van der Waals surface area contributed by atoms with E-state index >= 15 is 0 Å². The topological polar surface area (TPSA) is 59.2 Å². The molecule has 2 N–H and O–H groups in total. The van der Waals surface area contributed by atoms with Gasteiger partial charge in [-0.3, -0.25) is 4.79 Å². The Bertz CT molecular complexity index is 705. The van der Waals surface area contributed by atoms with Crippen molar-refractivity contribution in [2.75, 3.05) is 0 Å². The number of carbonyl (C=O) groups is 1. The minimum atomic E-state index is -4.46. The van der Waals surface area contributed by atoms with Crippen molar-refractivity contribution in [3.8, 4) is 0 Å².